The number of benzene rings is 1. The molecule has 0 N–H and O–H groups in total. The predicted octanol–water partition coefficient (Wildman–Crippen LogP) is 5.25. The highest BCUT2D eigenvalue weighted by atomic mass is 32.2. The van der Waals surface area contributed by atoms with Crippen LogP contribution in [0.2, 0.25) is 0 Å². The normalized spacial score (nSPS) is 15.9. The van der Waals surface area contributed by atoms with E-state index in [2.05, 4.69) is 9.97 Å². The second-order valence-corrected chi connectivity index (χ2v) is 9.56. The number of hydrogen-bond acceptors (Lipinski definition) is 4. The number of aryl methyl sites for hydroxylation is 1. The summed E-state index contributed by atoms with van der Waals surface area (Å²) in [5.41, 5.74) is -1.59. The molecule has 1 unspecified atom stereocenters. The molecule has 0 bridgehead atoms. The molecule has 1 saturated carbocycles. The fraction of sp³-hybridized carbons (Fsp3) is 0.368. The van der Waals surface area contributed by atoms with Crippen LogP contribution in [0.15, 0.2) is 40.3 Å². The van der Waals surface area contributed by atoms with Crippen LogP contribution in [0.4, 0.5) is 13.2 Å². The van der Waals surface area contributed by atoms with E-state index in [1.165, 1.54) is 12.1 Å². The Labute approximate surface area is 167 Å². The first-order valence-electron chi connectivity index (χ1n) is 8.87. The maximum Gasteiger partial charge on any atom is 0.446 e. The van der Waals surface area contributed by atoms with Crippen LogP contribution in [0, 0.1) is 0 Å². The van der Waals surface area contributed by atoms with Crippen molar-refractivity contribution in [3.8, 4) is 11.5 Å². The van der Waals surface area contributed by atoms with Gasteiger partial charge in [0.15, 0.2) is 5.82 Å². The molecule has 0 aliphatic heterocycles. The van der Waals surface area contributed by atoms with Crippen molar-refractivity contribution in [1.29, 1.82) is 0 Å². The van der Waals surface area contributed by atoms with Gasteiger partial charge < -0.3 is 4.57 Å². The summed E-state index contributed by atoms with van der Waals surface area (Å²) in [6, 6.07) is 6.42. The molecular weight excluding hydrogens is 407 g/mol. The predicted molar refractivity (Wildman–Crippen MR) is 105 cm³/mol. The average Bonchev–Trinajstić information content (AvgIpc) is 3.44. The molecule has 3 aromatic rings. The van der Waals surface area contributed by atoms with E-state index in [1.54, 1.807) is 23.9 Å². The number of alkyl halides is 3. The Morgan fingerprint density at radius 2 is 2.04 bits per heavy atom. The fourth-order valence-electron chi connectivity index (χ4n) is 3.19. The molecule has 0 radical (unpaired) electrons. The van der Waals surface area contributed by atoms with Crippen molar-refractivity contribution in [1.82, 2.24) is 14.5 Å². The van der Waals surface area contributed by atoms with Crippen LogP contribution >= 0.6 is 11.8 Å². The number of halogens is 3. The molecule has 0 amide bonds. The molecular formula is C19H18F3N3OS2. The molecule has 1 aliphatic rings. The minimum absolute atomic E-state index is 0.0825. The van der Waals surface area contributed by atoms with Crippen molar-refractivity contribution in [2.75, 3.05) is 5.75 Å². The third-order valence-electron chi connectivity index (χ3n) is 4.73. The van der Waals surface area contributed by atoms with Gasteiger partial charge in [0.05, 0.1) is 26.7 Å². The first-order valence-corrected chi connectivity index (χ1v) is 11.0. The zero-order chi connectivity index (χ0) is 20.1. The van der Waals surface area contributed by atoms with Gasteiger partial charge in [-0.3, -0.25) is 9.19 Å². The number of fused-ring (bicyclic) bond motifs is 1. The summed E-state index contributed by atoms with van der Waals surface area (Å²) >= 11 is -0.163. The lowest BCUT2D eigenvalue weighted by Gasteiger charge is -2.10. The Morgan fingerprint density at radius 3 is 2.68 bits per heavy atom. The van der Waals surface area contributed by atoms with Crippen molar-refractivity contribution in [2.45, 2.75) is 41.0 Å². The Morgan fingerprint density at radius 1 is 1.29 bits per heavy atom. The summed E-state index contributed by atoms with van der Waals surface area (Å²) in [7, 11) is 0.570. The first-order chi connectivity index (χ1) is 13.3. The summed E-state index contributed by atoms with van der Waals surface area (Å²) in [6.45, 7) is 1.85. The molecule has 2 aromatic heterocycles. The monoisotopic (exact) mass is 425 g/mol. The molecule has 9 heteroatoms. The lowest BCUT2D eigenvalue weighted by atomic mass is 10.2. The van der Waals surface area contributed by atoms with E-state index in [9.17, 15) is 17.4 Å². The molecule has 28 heavy (non-hydrogen) atoms. The van der Waals surface area contributed by atoms with Crippen LogP contribution in [0.1, 0.15) is 31.2 Å². The van der Waals surface area contributed by atoms with Crippen LogP contribution in [0.5, 0.6) is 0 Å². The number of thioether (sulfide) groups is 1. The molecule has 4 nitrogen and oxygen atoms in total. The van der Waals surface area contributed by atoms with Gasteiger partial charge in [0.1, 0.15) is 5.69 Å². The summed E-state index contributed by atoms with van der Waals surface area (Å²) in [4.78, 5) is 9.80. The minimum Gasteiger partial charge on any atom is -0.326 e. The maximum absolute atomic E-state index is 12.7. The number of nitrogens with zero attached hydrogens (tertiary/aromatic N) is 3. The number of pyridine rings is 1. The largest absolute Gasteiger partial charge is 0.446 e. The van der Waals surface area contributed by atoms with E-state index in [-0.39, 0.29) is 16.7 Å². The van der Waals surface area contributed by atoms with Crippen LogP contribution < -0.4 is 0 Å². The SMILES string of the molecule is CCS(=O)c1cc(C2CC2)cnc1-c1nc2cc(SC(F)(F)F)ccc2n1C. The van der Waals surface area contributed by atoms with E-state index in [0.717, 1.165) is 18.4 Å². The summed E-state index contributed by atoms with van der Waals surface area (Å²) in [5.74, 6) is 1.44. The molecule has 1 atom stereocenters. The Kier molecular flexibility index (Phi) is 4.99. The first kappa shape index (κ1) is 19.4. The van der Waals surface area contributed by atoms with Gasteiger partial charge in [-0.05, 0) is 60.4 Å². The van der Waals surface area contributed by atoms with Crippen LogP contribution in [-0.2, 0) is 17.8 Å². The van der Waals surface area contributed by atoms with Gasteiger partial charge >= 0.3 is 5.51 Å². The van der Waals surface area contributed by atoms with Crippen molar-refractivity contribution in [3.63, 3.8) is 0 Å². The van der Waals surface area contributed by atoms with Crippen LogP contribution in [0.25, 0.3) is 22.6 Å². The van der Waals surface area contributed by atoms with Gasteiger partial charge in [0.25, 0.3) is 0 Å². The van der Waals surface area contributed by atoms with Gasteiger partial charge in [0, 0.05) is 23.9 Å². The standard InChI is InChI=1S/C19H18F3N3OS2/c1-3-28(26)16-8-12(11-4-5-11)10-23-17(16)18-24-14-9-13(27-19(20,21)22)6-7-15(14)25(18)2/h6-11H,3-5H2,1-2H3. The molecule has 2 heterocycles. The number of rotatable bonds is 5. The topological polar surface area (TPSA) is 47.8 Å². The lowest BCUT2D eigenvalue weighted by molar-refractivity contribution is -0.0328. The quantitative estimate of drug-likeness (QED) is 0.524. The fourth-order valence-corrected chi connectivity index (χ4v) is 4.70. The molecule has 148 valence electrons. The van der Waals surface area contributed by atoms with E-state index in [4.69, 9.17) is 0 Å². The van der Waals surface area contributed by atoms with Gasteiger partial charge in [-0.25, -0.2) is 4.98 Å². The second-order valence-electron chi connectivity index (χ2n) is 6.72. The molecule has 0 saturated heterocycles. The number of imidazole rings is 1. The average molecular weight is 426 g/mol. The lowest BCUT2D eigenvalue weighted by Crippen LogP contribution is -2.04. The van der Waals surface area contributed by atoms with E-state index < -0.39 is 16.3 Å². The van der Waals surface area contributed by atoms with Crippen LogP contribution in [-0.4, -0.2) is 30.0 Å². The second kappa shape index (κ2) is 7.18. The summed E-state index contributed by atoms with van der Waals surface area (Å²) in [5, 5.41) is 0. The van der Waals surface area contributed by atoms with E-state index >= 15 is 0 Å². The highest BCUT2D eigenvalue weighted by molar-refractivity contribution is 8.00. The van der Waals surface area contributed by atoms with Crippen molar-refractivity contribution in [3.05, 3.63) is 36.0 Å². The summed E-state index contributed by atoms with van der Waals surface area (Å²) < 4.78 is 52.5. The van der Waals surface area contributed by atoms with Crippen molar-refractivity contribution in [2.24, 2.45) is 7.05 Å². The van der Waals surface area contributed by atoms with Gasteiger partial charge in [-0.2, -0.15) is 13.2 Å². The minimum atomic E-state index is -4.35. The van der Waals surface area contributed by atoms with Gasteiger partial charge in [0.2, 0.25) is 0 Å². The van der Waals surface area contributed by atoms with E-state index in [1.807, 2.05) is 13.0 Å². The zero-order valence-corrected chi connectivity index (χ0v) is 16.9. The molecule has 1 aromatic carbocycles. The number of aromatic nitrogens is 3. The van der Waals surface area contributed by atoms with Crippen molar-refractivity contribution < 1.29 is 17.4 Å². The Balaban J connectivity index is 1.82. The third kappa shape index (κ3) is 3.82. The highest BCUT2D eigenvalue weighted by Crippen LogP contribution is 2.42. The van der Waals surface area contributed by atoms with Crippen molar-refractivity contribution >= 4 is 33.6 Å². The maximum atomic E-state index is 12.7. The number of hydrogen-bond donors (Lipinski definition) is 0. The van der Waals surface area contributed by atoms with Crippen LogP contribution in [0.3, 0.4) is 0 Å². The Hall–Kier alpha value is -1.87. The molecule has 1 aliphatic carbocycles. The Bertz CT molecular complexity index is 1070. The third-order valence-corrected chi connectivity index (χ3v) is 6.78. The zero-order valence-electron chi connectivity index (χ0n) is 15.3. The van der Waals surface area contributed by atoms with Gasteiger partial charge in [-0.15, -0.1) is 0 Å². The smallest absolute Gasteiger partial charge is 0.326 e. The highest BCUT2D eigenvalue weighted by Gasteiger charge is 2.30. The van der Waals surface area contributed by atoms with E-state index in [0.29, 0.717) is 39.1 Å². The summed E-state index contributed by atoms with van der Waals surface area (Å²) in [6.07, 6.45) is 4.03. The molecule has 0 spiro atoms. The van der Waals surface area contributed by atoms with Gasteiger partial charge in [-0.1, -0.05) is 6.92 Å². The molecule has 4 rings (SSSR count). The molecule has 1 fully saturated rings.